The second-order valence-corrected chi connectivity index (χ2v) is 8.27. The summed E-state index contributed by atoms with van der Waals surface area (Å²) in [5.41, 5.74) is 0.325. The molecular weight excluding hydrogens is 389 g/mol. The fraction of sp³-hybridized carbons (Fsp3) is 0.737. The third-order valence-corrected chi connectivity index (χ3v) is 6.77. The molecule has 150 valence electrons. The molecule has 2 heterocycles. The van der Waals surface area contributed by atoms with Crippen molar-refractivity contribution in [2.24, 2.45) is 11.3 Å². The molecule has 7 heteroatoms. The molecular formula is C19H33Cl2N3OS. The number of rotatable bonds is 8. The fourth-order valence-corrected chi connectivity index (χ4v) is 4.77. The van der Waals surface area contributed by atoms with Gasteiger partial charge in [0.05, 0.1) is 6.54 Å². The van der Waals surface area contributed by atoms with Crippen molar-refractivity contribution >= 4 is 42.1 Å². The maximum atomic E-state index is 13.2. The summed E-state index contributed by atoms with van der Waals surface area (Å²) in [6, 6.07) is 4.23. The highest BCUT2D eigenvalue weighted by molar-refractivity contribution is 7.09. The maximum Gasteiger partial charge on any atom is 0.226 e. The van der Waals surface area contributed by atoms with Crippen LogP contribution in [0.4, 0.5) is 0 Å². The number of nitrogens with one attached hydrogen (secondary N) is 1. The van der Waals surface area contributed by atoms with Gasteiger partial charge < -0.3 is 15.1 Å². The third kappa shape index (κ3) is 5.59. The van der Waals surface area contributed by atoms with Crippen LogP contribution in [0.3, 0.4) is 0 Å². The normalized spacial score (nSPS) is 20.3. The second kappa shape index (κ2) is 10.9. The molecule has 1 spiro atoms. The zero-order valence-corrected chi connectivity index (χ0v) is 18.4. The van der Waals surface area contributed by atoms with Crippen LogP contribution in [0.1, 0.15) is 38.0 Å². The molecule has 1 aliphatic heterocycles. The number of hydrogen-bond acceptors (Lipinski definition) is 4. The minimum atomic E-state index is 0. The molecule has 4 nitrogen and oxygen atoms in total. The Hall–Kier alpha value is -0.330. The molecule has 1 aliphatic carbocycles. The Labute approximate surface area is 174 Å². The van der Waals surface area contributed by atoms with Gasteiger partial charge >= 0.3 is 0 Å². The Morgan fingerprint density at radius 1 is 1.23 bits per heavy atom. The van der Waals surface area contributed by atoms with E-state index in [1.54, 1.807) is 11.3 Å². The summed E-state index contributed by atoms with van der Waals surface area (Å²) in [7, 11) is 0. The van der Waals surface area contributed by atoms with E-state index >= 15 is 0 Å². The molecule has 0 bridgehead atoms. The zero-order chi connectivity index (χ0) is 17.0. The third-order valence-electron chi connectivity index (χ3n) is 5.91. The van der Waals surface area contributed by atoms with Crippen molar-refractivity contribution in [2.75, 3.05) is 39.3 Å². The van der Waals surface area contributed by atoms with Gasteiger partial charge in [0.15, 0.2) is 0 Å². The van der Waals surface area contributed by atoms with Crippen molar-refractivity contribution in [2.45, 2.75) is 39.7 Å². The van der Waals surface area contributed by atoms with Crippen LogP contribution < -0.4 is 5.32 Å². The summed E-state index contributed by atoms with van der Waals surface area (Å²) in [6.45, 7) is 11.3. The number of halogens is 2. The number of hydrogen-bond donors (Lipinski definition) is 1. The van der Waals surface area contributed by atoms with Gasteiger partial charge in [0, 0.05) is 23.9 Å². The van der Waals surface area contributed by atoms with E-state index in [0.717, 1.165) is 52.2 Å². The van der Waals surface area contributed by atoms with Crippen LogP contribution >= 0.6 is 36.2 Å². The van der Waals surface area contributed by atoms with E-state index in [2.05, 4.69) is 46.5 Å². The van der Waals surface area contributed by atoms with Crippen LogP contribution in [0.25, 0.3) is 0 Å². The molecule has 1 aromatic rings. The molecule has 26 heavy (non-hydrogen) atoms. The van der Waals surface area contributed by atoms with Gasteiger partial charge in [-0.1, -0.05) is 19.9 Å². The van der Waals surface area contributed by atoms with E-state index in [0.29, 0.717) is 11.3 Å². The largest absolute Gasteiger partial charge is 0.336 e. The zero-order valence-electron chi connectivity index (χ0n) is 15.9. The van der Waals surface area contributed by atoms with Crippen LogP contribution in [-0.2, 0) is 11.3 Å². The molecule has 1 saturated carbocycles. The molecule has 0 aromatic carbocycles. The average molecular weight is 422 g/mol. The van der Waals surface area contributed by atoms with Gasteiger partial charge in [-0.05, 0) is 62.3 Å². The Bertz CT molecular complexity index is 531. The quantitative estimate of drug-likeness (QED) is 0.695. The smallest absolute Gasteiger partial charge is 0.226 e. The summed E-state index contributed by atoms with van der Waals surface area (Å²) >= 11 is 1.76. The number of carbonyl (C=O) groups excluding carboxylic acids is 1. The van der Waals surface area contributed by atoms with Crippen molar-refractivity contribution in [3.63, 3.8) is 0 Å². The molecule has 2 fully saturated rings. The lowest BCUT2D eigenvalue weighted by Gasteiger charge is -2.29. The van der Waals surface area contributed by atoms with Gasteiger partial charge in [-0.3, -0.25) is 4.79 Å². The lowest BCUT2D eigenvalue weighted by atomic mass is 9.91. The van der Waals surface area contributed by atoms with Gasteiger partial charge in [0.1, 0.15) is 0 Å². The lowest BCUT2D eigenvalue weighted by Crippen LogP contribution is -2.40. The number of amides is 1. The van der Waals surface area contributed by atoms with E-state index in [1.807, 2.05) is 0 Å². The van der Waals surface area contributed by atoms with Gasteiger partial charge in [-0.25, -0.2) is 0 Å². The second-order valence-electron chi connectivity index (χ2n) is 7.24. The van der Waals surface area contributed by atoms with E-state index in [4.69, 9.17) is 0 Å². The summed E-state index contributed by atoms with van der Waals surface area (Å²) in [5, 5.41) is 5.54. The minimum Gasteiger partial charge on any atom is -0.336 e. The first kappa shape index (κ1) is 23.7. The monoisotopic (exact) mass is 421 g/mol. The van der Waals surface area contributed by atoms with Crippen molar-refractivity contribution < 1.29 is 4.79 Å². The van der Waals surface area contributed by atoms with Gasteiger partial charge in [-0.15, -0.1) is 36.2 Å². The first-order chi connectivity index (χ1) is 11.7. The number of piperidine rings is 1. The topological polar surface area (TPSA) is 35.6 Å². The first-order valence-electron chi connectivity index (χ1n) is 9.43. The average Bonchev–Trinajstić information content (AvgIpc) is 3.05. The molecule has 2 aliphatic rings. The molecule has 1 amide bonds. The summed E-state index contributed by atoms with van der Waals surface area (Å²) in [4.78, 5) is 19.0. The highest BCUT2D eigenvalue weighted by Crippen LogP contribution is 2.59. The van der Waals surface area contributed by atoms with Crippen LogP contribution in [0.5, 0.6) is 0 Å². The van der Waals surface area contributed by atoms with Crippen molar-refractivity contribution in [1.29, 1.82) is 0 Å². The minimum absolute atomic E-state index is 0. The van der Waals surface area contributed by atoms with E-state index in [9.17, 15) is 4.79 Å². The molecule has 1 N–H and O–H groups in total. The van der Waals surface area contributed by atoms with Crippen molar-refractivity contribution in [1.82, 2.24) is 15.1 Å². The Balaban J connectivity index is 0.00000169. The summed E-state index contributed by atoms with van der Waals surface area (Å²) in [6.07, 6.45) is 3.46. The molecule has 1 saturated heterocycles. The van der Waals surface area contributed by atoms with E-state index in [-0.39, 0.29) is 30.7 Å². The molecule has 0 radical (unpaired) electrons. The highest BCUT2D eigenvalue weighted by Gasteiger charge is 2.58. The predicted octanol–water partition coefficient (Wildman–Crippen LogP) is 3.65. The van der Waals surface area contributed by atoms with Gasteiger partial charge in [0.2, 0.25) is 5.91 Å². The highest BCUT2D eigenvalue weighted by atomic mass is 35.5. The summed E-state index contributed by atoms with van der Waals surface area (Å²) in [5.74, 6) is 0.675. The standard InChI is InChI=1S/C19H31N3OS.2ClH/c1-3-21(4-2)11-12-22(15-16-6-5-13-24-16)18(23)17-14-19(17)7-9-20-10-8-19;;/h5-6,13,17,20H,3-4,7-12,14-15H2,1-2H3;2*1H. The van der Waals surface area contributed by atoms with E-state index in [1.165, 1.54) is 17.7 Å². The molecule has 1 atom stereocenters. The molecule has 1 aromatic heterocycles. The fourth-order valence-electron chi connectivity index (χ4n) is 4.05. The van der Waals surface area contributed by atoms with Gasteiger partial charge in [0.25, 0.3) is 0 Å². The van der Waals surface area contributed by atoms with Gasteiger partial charge in [-0.2, -0.15) is 0 Å². The van der Waals surface area contributed by atoms with Crippen LogP contribution in [0, 0.1) is 11.3 Å². The number of likely N-dealkylation sites (N-methyl/N-ethyl adjacent to an activating group) is 1. The Morgan fingerprint density at radius 2 is 1.92 bits per heavy atom. The van der Waals surface area contributed by atoms with Crippen molar-refractivity contribution in [3.8, 4) is 0 Å². The number of nitrogens with zero attached hydrogens (tertiary/aromatic N) is 2. The van der Waals surface area contributed by atoms with Crippen LogP contribution in [0.2, 0.25) is 0 Å². The summed E-state index contributed by atoms with van der Waals surface area (Å²) < 4.78 is 0. The predicted molar refractivity (Wildman–Crippen MR) is 115 cm³/mol. The lowest BCUT2D eigenvalue weighted by molar-refractivity contribution is -0.134. The number of carbonyl (C=O) groups is 1. The maximum absolute atomic E-state index is 13.2. The van der Waals surface area contributed by atoms with Crippen molar-refractivity contribution in [3.05, 3.63) is 22.4 Å². The molecule has 3 rings (SSSR count). The molecule has 1 unspecified atom stereocenters. The first-order valence-corrected chi connectivity index (χ1v) is 10.3. The Morgan fingerprint density at radius 3 is 2.50 bits per heavy atom. The SMILES string of the molecule is CCN(CC)CCN(Cc1cccs1)C(=O)C1CC12CCNCC2.Cl.Cl. The Kier molecular flexibility index (Phi) is 9.91. The van der Waals surface area contributed by atoms with E-state index < -0.39 is 0 Å². The number of thiophene rings is 1. The van der Waals surface area contributed by atoms with Crippen LogP contribution in [0.15, 0.2) is 17.5 Å². The van der Waals surface area contributed by atoms with Crippen LogP contribution in [-0.4, -0.2) is 55.0 Å².